The molecule has 0 spiro atoms. The SMILES string of the molecule is CC(=O)Nc1ccc(S(=O)(=O)N2CCN(C(=O)Cc3cccs3)CC2)cc1. The smallest absolute Gasteiger partial charge is 0.243 e. The molecule has 2 heterocycles. The van der Waals surface area contributed by atoms with Crippen molar-refractivity contribution in [3.05, 3.63) is 46.7 Å². The highest BCUT2D eigenvalue weighted by Crippen LogP contribution is 2.20. The van der Waals surface area contributed by atoms with Crippen LogP contribution in [-0.2, 0) is 26.0 Å². The fraction of sp³-hybridized carbons (Fsp3) is 0.333. The summed E-state index contributed by atoms with van der Waals surface area (Å²) in [4.78, 5) is 26.3. The van der Waals surface area contributed by atoms with Crippen LogP contribution in [0.4, 0.5) is 5.69 Å². The second kappa shape index (κ2) is 8.20. The number of benzene rings is 1. The molecule has 0 atom stereocenters. The summed E-state index contributed by atoms with van der Waals surface area (Å²) < 4.78 is 27.0. The lowest BCUT2D eigenvalue weighted by Gasteiger charge is -2.34. The minimum absolute atomic E-state index is 0.0224. The highest BCUT2D eigenvalue weighted by Gasteiger charge is 2.30. The molecular weight excluding hydrogens is 386 g/mol. The van der Waals surface area contributed by atoms with Gasteiger partial charge in [0.15, 0.2) is 0 Å². The minimum atomic E-state index is -3.62. The molecule has 7 nitrogen and oxygen atoms in total. The van der Waals surface area contributed by atoms with Gasteiger partial charge in [-0.3, -0.25) is 9.59 Å². The van der Waals surface area contributed by atoms with Crippen LogP contribution in [0.1, 0.15) is 11.8 Å². The van der Waals surface area contributed by atoms with E-state index in [4.69, 9.17) is 0 Å². The van der Waals surface area contributed by atoms with Gasteiger partial charge in [0, 0.05) is 43.7 Å². The first kappa shape index (κ1) is 19.5. The van der Waals surface area contributed by atoms with Crippen molar-refractivity contribution in [3.8, 4) is 0 Å². The summed E-state index contributed by atoms with van der Waals surface area (Å²) in [5, 5.41) is 4.54. The Kier molecular flexibility index (Phi) is 5.93. The number of carbonyl (C=O) groups excluding carboxylic acids is 2. The first-order valence-corrected chi connectivity index (χ1v) is 10.9. The molecule has 1 aromatic carbocycles. The summed E-state index contributed by atoms with van der Waals surface area (Å²) in [6.45, 7) is 2.70. The molecule has 0 unspecified atom stereocenters. The van der Waals surface area contributed by atoms with Crippen LogP contribution in [-0.4, -0.2) is 55.6 Å². The summed E-state index contributed by atoms with van der Waals surface area (Å²) in [7, 11) is -3.62. The first-order valence-electron chi connectivity index (χ1n) is 8.54. The van der Waals surface area contributed by atoms with E-state index >= 15 is 0 Å². The van der Waals surface area contributed by atoms with Crippen molar-refractivity contribution >= 4 is 38.9 Å². The Morgan fingerprint density at radius 3 is 2.30 bits per heavy atom. The summed E-state index contributed by atoms with van der Waals surface area (Å²) in [5.74, 6) is -0.192. The minimum Gasteiger partial charge on any atom is -0.340 e. The number of piperazine rings is 1. The molecule has 1 fully saturated rings. The van der Waals surface area contributed by atoms with Crippen LogP contribution in [0.3, 0.4) is 0 Å². The van der Waals surface area contributed by atoms with Crippen LogP contribution < -0.4 is 5.32 Å². The normalized spacial score (nSPS) is 15.5. The molecule has 9 heteroatoms. The van der Waals surface area contributed by atoms with Crippen LogP contribution in [0.2, 0.25) is 0 Å². The maximum absolute atomic E-state index is 12.8. The second-order valence-corrected chi connectivity index (χ2v) is 9.22. The van der Waals surface area contributed by atoms with Crippen LogP contribution in [0, 0.1) is 0 Å². The van der Waals surface area contributed by atoms with E-state index in [0.717, 1.165) is 4.88 Å². The Bertz CT molecular complexity index is 901. The van der Waals surface area contributed by atoms with Gasteiger partial charge in [-0.05, 0) is 35.7 Å². The molecule has 1 aliphatic rings. The number of nitrogens with one attached hydrogen (secondary N) is 1. The average Bonchev–Trinajstić information content (AvgIpc) is 3.15. The number of hydrogen-bond donors (Lipinski definition) is 1. The van der Waals surface area contributed by atoms with Crippen LogP contribution in [0.5, 0.6) is 0 Å². The largest absolute Gasteiger partial charge is 0.340 e. The van der Waals surface area contributed by atoms with Gasteiger partial charge >= 0.3 is 0 Å². The molecule has 1 saturated heterocycles. The quantitative estimate of drug-likeness (QED) is 0.819. The monoisotopic (exact) mass is 407 g/mol. The number of thiophene rings is 1. The van der Waals surface area contributed by atoms with E-state index in [1.54, 1.807) is 28.4 Å². The predicted octanol–water partition coefficient (Wildman–Crippen LogP) is 1.78. The lowest BCUT2D eigenvalue weighted by molar-refractivity contribution is -0.131. The Labute approximate surface area is 162 Å². The zero-order valence-electron chi connectivity index (χ0n) is 14.9. The third-order valence-corrected chi connectivity index (χ3v) is 7.10. The summed E-state index contributed by atoms with van der Waals surface area (Å²) >= 11 is 1.54. The Morgan fingerprint density at radius 1 is 1.07 bits per heavy atom. The van der Waals surface area contributed by atoms with Crippen LogP contribution >= 0.6 is 11.3 Å². The standard InChI is InChI=1S/C18H21N3O4S2/c1-14(22)19-15-4-6-17(7-5-15)27(24,25)21-10-8-20(9-11-21)18(23)13-16-3-2-12-26-16/h2-7,12H,8-11,13H2,1H3,(H,19,22). The fourth-order valence-electron chi connectivity index (χ4n) is 2.91. The highest BCUT2D eigenvalue weighted by atomic mass is 32.2. The molecule has 1 aliphatic heterocycles. The molecule has 2 aromatic rings. The zero-order chi connectivity index (χ0) is 19.4. The topological polar surface area (TPSA) is 86.8 Å². The Morgan fingerprint density at radius 2 is 1.74 bits per heavy atom. The number of carbonyl (C=O) groups is 2. The van der Waals surface area contributed by atoms with E-state index in [1.807, 2.05) is 17.5 Å². The fourth-order valence-corrected chi connectivity index (χ4v) is 5.03. The van der Waals surface area contributed by atoms with E-state index in [-0.39, 0.29) is 29.8 Å². The van der Waals surface area contributed by atoms with Gasteiger partial charge in [0.25, 0.3) is 0 Å². The van der Waals surface area contributed by atoms with Crippen molar-refractivity contribution in [3.63, 3.8) is 0 Å². The van der Waals surface area contributed by atoms with E-state index in [1.165, 1.54) is 23.4 Å². The van der Waals surface area contributed by atoms with Gasteiger partial charge < -0.3 is 10.2 Å². The van der Waals surface area contributed by atoms with E-state index in [2.05, 4.69) is 5.32 Å². The van der Waals surface area contributed by atoms with Gasteiger partial charge in [0.2, 0.25) is 21.8 Å². The molecule has 0 saturated carbocycles. The van der Waals surface area contributed by atoms with E-state index in [0.29, 0.717) is 25.2 Å². The third-order valence-electron chi connectivity index (χ3n) is 4.31. The molecule has 0 aliphatic carbocycles. The van der Waals surface area contributed by atoms with E-state index in [9.17, 15) is 18.0 Å². The highest BCUT2D eigenvalue weighted by molar-refractivity contribution is 7.89. The molecule has 0 bridgehead atoms. The lowest BCUT2D eigenvalue weighted by Crippen LogP contribution is -2.50. The van der Waals surface area contributed by atoms with Gasteiger partial charge in [-0.1, -0.05) is 6.07 Å². The Hall–Kier alpha value is -2.23. The number of anilines is 1. The average molecular weight is 408 g/mol. The summed E-state index contributed by atoms with van der Waals surface area (Å²) in [5.41, 5.74) is 0.547. The molecular formula is C18H21N3O4S2. The molecule has 1 aromatic heterocycles. The van der Waals surface area contributed by atoms with Crippen molar-refractivity contribution in [2.45, 2.75) is 18.2 Å². The number of nitrogens with zero attached hydrogens (tertiary/aromatic N) is 2. The summed E-state index contributed by atoms with van der Waals surface area (Å²) in [6.07, 6.45) is 0.356. The number of hydrogen-bond acceptors (Lipinski definition) is 5. The van der Waals surface area contributed by atoms with Crippen molar-refractivity contribution in [2.75, 3.05) is 31.5 Å². The molecule has 144 valence electrons. The van der Waals surface area contributed by atoms with Gasteiger partial charge in [0.1, 0.15) is 0 Å². The molecule has 3 rings (SSSR count). The van der Waals surface area contributed by atoms with Gasteiger partial charge in [0.05, 0.1) is 11.3 Å². The van der Waals surface area contributed by atoms with Crippen molar-refractivity contribution in [1.82, 2.24) is 9.21 Å². The van der Waals surface area contributed by atoms with Crippen molar-refractivity contribution < 1.29 is 18.0 Å². The maximum atomic E-state index is 12.8. The van der Waals surface area contributed by atoms with Crippen LogP contribution in [0.15, 0.2) is 46.7 Å². The molecule has 0 radical (unpaired) electrons. The lowest BCUT2D eigenvalue weighted by atomic mass is 10.3. The second-order valence-electron chi connectivity index (χ2n) is 6.25. The zero-order valence-corrected chi connectivity index (χ0v) is 16.6. The van der Waals surface area contributed by atoms with Gasteiger partial charge in [-0.25, -0.2) is 8.42 Å². The molecule has 27 heavy (non-hydrogen) atoms. The molecule has 1 N–H and O–H groups in total. The summed E-state index contributed by atoms with van der Waals surface area (Å²) in [6, 6.07) is 9.93. The number of amides is 2. The van der Waals surface area contributed by atoms with Crippen molar-refractivity contribution in [2.24, 2.45) is 0 Å². The van der Waals surface area contributed by atoms with Gasteiger partial charge in [-0.15, -0.1) is 11.3 Å². The predicted molar refractivity (Wildman–Crippen MR) is 104 cm³/mol. The van der Waals surface area contributed by atoms with Crippen LogP contribution in [0.25, 0.3) is 0 Å². The van der Waals surface area contributed by atoms with Gasteiger partial charge in [-0.2, -0.15) is 4.31 Å². The van der Waals surface area contributed by atoms with E-state index < -0.39 is 10.0 Å². The number of rotatable bonds is 5. The Balaban J connectivity index is 1.60. The maximum Gasteiger partial charge on any atom is 0.243 e. The number of sulfonamides is 1. The third kappa shape index (κ3) is 4.74. The first-order chi connectivity index (χ1) is 12.9. The van der Waals surface area contributed by atoms with Crippen molar-refractivity contribution in [1.29, 1.82) is 0 Å². The molecule has 2 amide bonds.